The van der Waals surface area contributed by atoms with Crippen molar-refractivity contribution >= 4 is 34.0 Å². The summed E-state index contributed by atoms with van der Waals surface area (Å²) < 4.78 is 73.8. The molecule has 27 heavy (non-hydrogen) atoms. The van der Waals surface area contributed by atoms with E-state index in [0.717, 1.165) is 18.2 Å². The second-order valence-electron chi connectivity index (χ2n) is 4.94. The Hall–Kier alpha value is -2.67. The lowest BCUT2D eigenvalue weighted by Gasteiger charge is -2.11. The van der Waals surface area contributed by atoms with Crippen molar-refractivity contribution in [2.45, 2.75) is 12.4 Å². The monoisotopic (exact) mass is 498 g/mol. The zero-order valence-electron chi connectivity index (χ0n) is 13.1. The summed E-state index contributed by atoms with van der Waals surface area (Å²) in [5.41, 5.74) is 7.63. The van der Waals surface area contributed by atoms with Gasteiger partial charge in [0.15, 0.2) is 0 Å². The molecule has 0 fully saturated rings. The van der Waals surface area contributed by atoms with Gasteiger partial charge in [0.2, 0.25) is 0 Å². The summed E-state index contributed by atoms with van der Waals surface area (Å²) in [5, 5.41) is 16.8. The molecule has 0 unspecified atom stereocenters. The van der Waals surface area contributed by atoms with Crippen molar-refractivity contribution in [1.82, 2.24) is 0 Å². The first-order valence-electron chi connectivity index (χ1n) is 6.74. The highest BCUT2D eigenvalue weighted by molar-refractivity contribution is 14.1. The number of rotatable bonds is 0. The molecule has 0 saturated heterocycles. The third kappa shape index (κ3) is 5.92. The second kappa shape index (κ2) is 8.35. The smallest absolute Gasteiger partial charge is 0.398 e. The molecule has 0 saturated carbocycles. The van der Waals surface area contributed by atoms with Gasteiger partial charge in [-0.2, -0.15) is 36.9 Å². The van der Waals surface area contributed by atoms with Crippen LogP contribution in [0, 0.1) is 26.2 Å². The first kappa shape index (κ1) is 22.4. The quantitative estimate of drug-likeness (QED) is 0.306. The predicted molar refractivity (Wildman–Crippen MR) is 93.9 cm³/mol. The van der Waals surface area contributed by atoms with Crippen LogP contribution in [0.2, 0.25) is 0 Å². The van der Waals surface area contributed by atoms with E-state index < -0.39 is 23.5 Å². The molecule has 0 spiro atoms. The summed E-state index contributed by atoms with van der Waals surface area (Å²) in [6.07, 6.45) is -9.02. The largest absolute Gasteiger partial charge is 0.418 e. The van der Waals surface area contributed by atoms with Gasteiger partial charge >= 0.3 is 12.4 Å². The molecule has 0 heterocycles. The number of benzene rings is 2. The van der Waals surface area contributed by atoms with Gasteiger partial charge < -0.3 is 11.5 Å². The topological polar surface area (TPSA) is 99.6 Å². The molecule has 2 aromatic carbocycles. The molecule has 0 aliphatic rings. The molecule has 0 aliphatic heterocycles. The third-order valence-corrected chi connectivity index (χ3v) is 3.94. The Morgan fingerprint density at radius 3 is 1.70 bits per heavy atom. The average Bonchev–Trinajstić information content (AvgIpc) is 2.56. The molecule has 4 N–H and O–H groups in total. The number of anilines is 2. The van der Waals surface area contributed by atoms with Gasteiger partial charge in [-0.15, -0.1) is 0 Å². The van der Waals surface area contributed by atoms with Crippen LogP contribution in [-0.4, -0.2) is 0 Å². The Labute approximate surface area is 163 Å². The van der Waals surface area contributed by atoms with Crippen LogP contribution in [0.1, 0.15) is 22.3 Å². The number of nitrogens with zero attached hydrogens (tertiary/aromatic N) is 2. The second-order valence-corrected chi connectivity index (χ2v) is 6.10. The molecule has 4 nitrogen and oxygen atoms in total. The number of alkyl halides is 6. The van der Waals surface area contributed by atoms with Crippen LogP contribution in [0.4, 0.5) is 37.7 Å². The van der Waals surface area contributed by atoms with Crippen LogP contribution in [-0.2, 0) is 12.4 Å². The van der Waals surface area contributed by atoms with Crippen molar-refractivity contribution in [2.24, 2.45) is 0 Å². The normalized spacial score (nSPS) is 11.0. The lowest BCUT2D eigenvalue weighted by Crippen LogP contribution is -2.10. The van der Waals surface area contributed by atoms with E-state index in [-0.39, 0.29) is 26.1 Å². The molecule has 11 heteroatoms. The van der Waals surface area contributed by atoms with Crippen LogP contribution in [0.5, 0.6) is 0 Å². The van der Waals surface area contributed by atoms with E-state index in [2.05, 4.69) is 0 Å². The number of hydrogen-bond acceptors (Lipinski definition) is 4. The molecule has 142 valence electrons. The van der Waals surface area contributed by atoms with Crippen molar-refractivity contribution in [2.75, 3.05) is 11.5 Å². The molecule has 2 rings (SSSR count). The van der Waals surface area contributed by atoms with Gasteiger partial charge in [0.05, 0.1) is 40.1 Å². The zero-order valence-corrected chi connectivity index (χ0v) is 15.2. The van der Waals surface area contributed by atoms with Gasteiger partial charge in [0.25, 0.3) is 0 Å². The summed E-state index contributed by atoms with van der Waals surface area (Å²) in [7, 11) is 0. The fourth-order valence-electron chi connectivity index (χ4n) is 1.79. The van der Waals surface area contributed by atoms with Crippen molar-refractivity contribution < 1.29 is 26.3 Å². The molecule has 0 atom stereocenters. The van der Waals surface area contributed by atoms with Crippen LogP contribution in [0.3, 0.4) is 0 Å². The lowest BCUT2D eigenvalue weighted by molar-refractivity contribution is -0.137. The van der Waals surface area contributed by atoms with Crippen molar-refractivity contribution in [1.29, 1.82) is 10.5 Å². The Morgan fingerprint density at radius 2 is 1.26 bits per heavy atom. The molecule has 0 aromatic heterocycles. The van der Waals surface area contributed by atoms with Crippen LogP contribution >= 0.6 is 22.6 Å². The molecule has 0 aliphatic carbocycles. The van der Waals surface area contributed by atoms with Gasteiger partial charge in [-0.25, -0.2) is 0 Å². The molecule has 0 bridgehead atoms. The van der Waals surface area contributed by atoms with Crippen molar-refractivity contribution in [3.05, 3.63) is 56.2 Å². The van der Waals surface area contributed by atoms with E-state index in [9.17, 15) is 26.3 Å². The van der Waals surface area contributed by atoms with Crippen LogP contribution in [0.25, 0.3) is 0 Å². The van der Waals surface area contributed by atoms with Gasteiger partial charge in [-0.1, -0.05) is 0 Å². The summed E-state index contributed by atoms with van der Waals surface area (Å²) >= 11 is 1.66. The molecule has 0 radical (unpaired) electrons. The zero-order chi connectivity index (χ0) is 21.0. The maximum Gasteiger partial charge on any atom is 0.418 e. The van der Waals surface area contributed by atoms with Crippen molar-refractivity contribution in [3.8, 4) is 12.1 Å². The van der Waals surface area contributed by atoms with Gasteiger partial charge in [-0.3, -0.25) is 0 Å². The Kier molecular flexibility index (Phi) is 6.92. The summed E-state index contributed by atoms with van der Waals surface area (Å²) in [5.74, 6) is 0. The SMILES string of the molecule is N#Cc1cc(I)c(N)c(C(F)(F)F)c1.N#Cc1ccc(N)c(C(F)(F)F)c1. The first-order valence-corrected chi connectivity index (χ1v) is 7.82. The Morgan fingerprint density at radius 1 is 0.778 bits per heavy atom. The van der Waals surface area contributed by atoms with E-state index in [4.69, 9.17) is 22.0 Å². The standard InChI is InChI=1S/C8H4F3IN2.C8H5F3N2/c9-8(10,11)5-1-4(3-13)2-6(12)7(5)14;9-8(10,11)6-3-5(4-12)1-2-7(6)13/h1-2H,14H2;1-3H,13H2. The highest BCUT2D eigenvalue weighted by atomic mass is 127. The average molecular weight is 498 g/mol. The number of nitriles is 2. The fourth-order valence-corrected chi connectivity index (χ4v) is 2.41. The molecule has 0 amide bonds. The number of nitrogens with two attached hydrogens (primary N) is 2. The molecule has 2 aromatic rings. The number of hydrogen-bond donors (Lipinski definition) is 2. The van der Waals surface area contributed by atoms with Crippen LogP contribution < -0.4 is 11.5 Å². The maximum atomic E-state index is 12.4. The van der Waals surface area contributed by atoms with E-state index in [0.29, 0.717) is 0 Å². The summed E-state index contributed by atoms with van der Waals surface area (Å²) in [4.78, 5) is 0. The minimum absolute atomic E-state index is 0.0454. The summed E-state index contributed by atoms with van der Waals surface area (Å²) in [6, 6.07) is 8.36. The lowest BCUT2D eigenvalue weighted by atomic mass is 10.1. The third-order valence-electron chi connectivity index (χ3n) is 3.05. The van der Waals surface area contributed by atoms with Gasteiger partial charge in [-0.05, 0) is 52.9 Å². The van der Waals surface area contributed by atoms with Gasteiger partial charge in [0, 0.05) is 9.26 Å². The van der Waals surface area contributed by atoms with Crippen molar-refractivity contribution in [3.63, 3.8) is 0 Å². The predicted octanol–water partition coefficient (Wildman–Crippen LogP) is 4.92. The summed E-state index contributed by atoms with van der Waals surface area (Å²) in [6.45, 7) is 0. The highest BCUT2D eigenvalue weighted by Crippen LogP contribution is 2.36. The number of halogens is 7. The van der Waals surface area contributed by atoms with E-state index in [1.54, 1.807) is 34.7 Å². The minimum atomic E-state index is -4.52. The van der Waals surface area contributed by atoms with E-state index in [1.165, 1.54) is 12.1 Å². The Balaban J connectivity index is 0.000000271. The van der Waals surface area contributed by atoms with Gasteiger partial charge in [0.1, 0.15) is 0 Å². The minimum Gasteiger partial charge on any atom is -0.398 e. The van der Waals surface area contributed by atoms with E-state index in [1.807, 2.05) is 0 Å². The number of nitrogen functional groups attached to an aromatic ring is 2. The molecular weight excluding hydrogens is 489 g/mol. The van der Waals surface area contributed by atoms with Crippen LogP contribution in [0.15, 0.2) is 30.3 Å². The maximum absolute atomic E-state index is 12.4. The fraction of sp³-hybridized carbons (Fsp3) is 0.125. The Bertz CT molecular complexity index is 923. The highest BCUT2D eigenvalue weighted by Gasteiger charge is 2.34. The van der Waals surface area contributed by atoms with E-state index >= 15 is 0 Å². The first-order chi connectivity index (χ1) is 12.3. The molecular formula is C16H9F6IN4.